The Morgan fingerprint density at radius 1 is 1.14 bits per heavy atom. The molecule has 1 aromatic heterocycles. The molecule has 0 saturated heterocycles. The van der Waals surface area contributed by atoms with Crippen molar-refractivity contribution in [3.63, 3.8) is 0 Å². The van der Waals surface area contributed by atoms with Crippen LogP contribution < -0.4 is 5.56 Å². The van der Waals surface area contributed by atoms with Crippen molar-refractivity contribution in [2.24, 2.45) is 0 Å². The van der Waals surface area contributed by atoms with Gasteiger partial charge in [0, 0.05) is 10.6 Å². The third-order valence-electron chi connectivity index (χ3n) is 3.08. The molecule has 1 heterocycles. The van der Waals surface area contributed by atoms with E-state index in [0.29, 0.717) is 21.9 Å². The maximum Gasteiger partial charge on any atom is 0.336 e. The number of hydrogen-bond donors (Lipinski definition) is 2. The lowest BCUT2D eigenvalue weighted by molar-refractivity contribution is 0.0699. The van der Waals surface area contributed by atoms with Crippen molar-refractivity contribution >= 4 is 28.5 Å². The average molecular weight is 301 g/mol. The molecule has 0 aliphatic carbocycles. The van der Waals surface area contributed by atoms with E-state index in [0.717, 1.165) is 0 Å². The van der Waals surface area contributed by atoms with Gasteiger partial charge in [0.05, 0.1) is 16.5 Å². The second-order valence-electron chi connectivity index (χ2n) is 4.43. The van der Waals surface area contributed by atoms with E-state index in [1.807, 2.05) is 0 Å². The predicted molar refractivity (Wildman–Crippen MR) is 79.8 cm³/mol. The molecular formula is C15H9ClN2O3. The second-order valence-corrected chi connectivity index (χ2v) is 4.86. The second kappa shape index (κ2) is 5.03. The maximum absolute atomic E-state index is 12.2. The van der Waals surface area contributed by atoms with Crippen LogP contribution in [0.2, 0.25) is 5.02 Å². The molecule has 21 heavy (non-hydrogen) atoms. The van der Waals surface area contributed by atoms with Crippen LogP contribution in [0.4, 0.5) is 0 Å². The Bertz CT molecular complexity index is 901. The van der Waals surface area contributed by atoms with Crippen LogP contribution in [0.15, 0.2) is 47.3 Å². The largest absolute Gasteiger partial charge is 0.478 e. The smallest absolute Gasteiger partial charge is 0.336 e. The van der Waals surface area contributed by atoms with Crippen LogP contribution in [0.3, 0.4) is 0 Å². The normalized spacial score (nSPS) is 10.7. The summed E-state index contributed by atoms with van der Waals surface area (Å²) in [4.78, 5) is 30.3. The summed E-state index contributed by atoms with van der Waals surface area (Å²) >= 11 is 5.82. The molecule has 0 fully saturated rings. The third kappa shape index (κ3) is 2.39. The number of nitrogens with zero attached hydrogens (tertiary/aromatic N) is 1. The van der Waals surface area contributed by atoms with Gasteiger partial charge in [-0.05, 0) is 36.4 Å². The van der Waals surface area contributed by atoms with Gasteiger partial charge < -0.3 is 10.1 Å². The van der Waals surface area contributed by atoms with Gasteiger partial charge in [-0.2, -0.15) is 0 Å². The summed E-state index contributed by atoms with van der Waals surface area (Å²) in [6, 6.07) is 11.4. The van der Waals surface area contributed by atoms with Crippen LogP contribution in [-0.4, -0.2) is 21.0 Å². The number of carbonyl (C=O) groups is 1. The summed E-state index contributed by atoms with van der Waals surface area (Å²) in [5, 5.41) is 9.78. The number of carboxylic acid groups (broad SMARTS) is 1. The lowest BCUT2D eigenvalue weighted by atomic mass is 10.1. The Morgan fingerprint density at radius 2 is 1.86 bits per heavy atom. The quantitative estimate of drug-likeness (QED) is 0.762. The first kappa shape index (κ1) is 13.3. The molecule has 2 N–H and O–H groups in total. The van der Waals surface area contributed by atoms with Crippen molar-refractivity contribution in [3.05, 3.63) is 63.4 Å². The number of aromatic carboxylic acids is 1. The van der Waals surface area contributed by atoms with Gasteiger partial charge in [0.25, 0.3) is 5.56 Å². The molecule has 0 amide bonds. The van der Waals surface area contributed by atoms with E-state index in [1.165, 1.54) is 6.07 Å². The first-order valence-electron chi connectivity index (χ1n) is 6.08. The Morgan fingerprint density at radius 3 is 2.52 bits per heavy atom. The number of halogens is 1. The highest BCUT2D eigenvalue weighted by molar-refractivity contribution is 6.30. The molecule has 0 unspecified atom stereocenters. The van der Waals surface area contributed by atoms with Crippen LogP contribution in [-0.2, 0) is 0 Å². The molecule has 104 valence electrons. The summed E-state index contributed by atoms with van der Waals surface area (Å²) in [5.41, 5.74) is 0.481. The van der Waals surface area contributed by atoms with E-state index in [-0.39, 0.29) is 10.9 Å². The van der Waals surface area contributed by atoms with Gasteiger partial charge in [-0.15, -0.1) is 0 Å². The van der Waals surface area contributed by atoms with Gasteiger partial charge in [0.2, 0.25) is 0 Å². The Labute approximate surface area is 123 Å². The van der Waals surface area contributed by atoms with Crippen LogP contribution in [0, 0.1) is 0 Å². The first-order chi connectivity index (χ1) is 10.1. The zero-order valence-electron chi connectivity index (χ0n) is 10.6. The summed E-state index contributed by atoms with van der Waals surface area (Å²) in [7, 11) is 0. The van der Waals surface area contributed by atoms with Gasteiger partial charge in [-0.1, -0.05) is 17.7 Å². The number of fused-ring (bicyclic) bond motifs is 1. The van der Waals surface area contributed by atoms with Gasteiger partial charge in [0.1, 0.15) is 5.82 Å². The minimum Gasteiger partial charge on any atom is -0.478 e. The topological polar surface area (TPSA) is 83.0 Å². The minimum absolute atomic E-state index is 0.0658. The van der Waals surface area contributed by atoms with E-state index < -0.39 is 11.5 Å². The molecule has 0 radical (unpaired) electrons. The fraction of sp³-hybridized carbons (Fsp3) is 0. The number of H-pyrrole nitrogens is 1. The Kier molecular flexibility index (Phi) is 3.19. The number of rotatable bonds is 2. The molecule has 0 aliphatic rings. The highest BCUT2D eigenvalue weighted by Gasteiger charge is 2.13. The third-order valence-corrected chi connectivity index (χ3v) is 3.33. The number of aromatic amines is 1. The summed E-state index contributed by atoms with van der Waals surface area (Å²) in [6.07, 6.45) is 0. The van der Waals surface area contributed by atoms with Crippen molar-refractivity contribution in [3.8, 4) is 11.4 Å². The fourth-order valence-electron chi connectivity index (χ4n) is 2.11. The lowest BCUT2D eigenvalue weighted by Crippen LogP contribution is -2.13. The molecule has 6 heteroatoms. The van der Waals surface area contributed by atoms with Crippen molar-refractivity contribution in [2.75, 3.05) is 0 Å². The van der Waals surface area contributed by atoms with E-state index >= 15 is 0 Å². The highest BCUT2D eigenvalue weighted by atomic mass is 35.5. The molecule has 0 saturated carbocycles. The lowest BCUT2D eigenvalue weighted by Gasteiger charge is -2.05. The molecule has 5 nitrogen and oxygen atoms in total. The van der Waals surface area contributed by atoms with Crippen molar-refractivity contribution in [1.82, 2.24) is 9.97 Å². The van der Waals surface area contributed by atoms with Crippen LogP contribution in [0.5, 0.6) is 0 Å². The van der Waals surface area contributed by atoms with E-state index in [9.17, 15) is 9.59 Å². The first-order valence-corrected chi connectivity index (χ1v) is 6.46. The SMILES string of the molecule is O=C(O)c1cccc2nc(-c3ccc(Cl)cc3)[nH]c(=O)c12. The molecule has 0 spiro atoms. The summed E-state index contributed by atoms with van der Waals surface area (Å²) in [6.45, 7) is 0. The number of aromatic nitrogens is 2. The van der Waals surface area contributed by atoms with Crippen molar-refractivity contribution in [1.29, 1.82) is 0 Å². The minimum atomic E-state index is -1.16. The maximum atomic E-state index is 12.2. The zero-order chi connectivity index (χ0) is 15.0. The van der Waals surface area contributed by atoms with Gasteiger partial charge in [0.15, 0.2) is 0 Å². The molecular weight excluding hydrogens is 292 g/mol. The van der Waals surface area contributed by atoms with Crippen LogP contribution >= 0.6 is 11.6 Å². The van der Waals surface area contributed by atoms with Gasteiger partial charge in [-0.3, -0.25) is 4.79 Å². The summed E-state index contributed by atoms with van der Waals surface area (Å²) < 4.78 is 0. The van der Waals surface area contributed by atoms with Crippen molar-refractivity contribution < 1.29 is 9.90 Å². The molecule has 0 bridgehead atoms. The van der Waals surface area contributed by atoms with E-state index in [1.54, 1.807) is 36.4 Å². The zero-order valence-corrected chi connectivity index (χ0v) is 11.4. The molecule has 3 rings (SSSR count). The number of benzene rings is 2. The van der Waals surface area contributed by atoms with Crippen LogP contribution in [0.1, 0.15) is 10.4 Å². The van der Waals surface area contributed by atoms with Gasteiger partial charge in [-0.25, -0.2) is 9.78 Å². The van der Waals surface area contributed by atoms with Crippen molar-refractivity contribution in [2.45, 2.75) is 0 Å². The average Bonchev–Trinajstić information content (AvgIpc) is 2.47. The van der Waals surface area contributed by atoms with E-state index in [2.05, 4.69) is 9.97 Å². The van der Waals surface area contributed by atoms with E-state index in [4.69, 9.17) is 16.7 Å². The molecule has 3 aromatic rings. The highest BCUT2D eigenvalue weighted by Crippen LogP contribution is 2.20. The number of hydrogen-bond acceptors (Lipinski definition) is 3. The number of carboxylic acids is 1. The molecule has 0 aliphatic heterocycles. The monoisotopic (exact) mass is 300 g/mol. The predicted octanol–water partition coefficient (Wildman–Crippen LogP) is 2.94. The number of nitrogens with one attached hydrogen (secondary N) is 1. The Balaban J connectivity index is 2.27. The molecule has 2 aromatic carbocycles. The Hall–Kier alpha value is -2.66. The van der Waals surface area contributed by atoms with Gasteiger partial charge >= 0.3 is 5.97 Å². The standard InChI is InChI=1S/C15H9ClN2O3/c16-9-6-4-8(5-7-9)13-17-11-3-1-2-10(15(20)21)12(11)14(19)18-13/h1-7H,(H,20,21)(H,17,18,19). The summed E-state index contributed by atoms with van der Waals surface area (Å²) in [5.74, 6) is -0.793. The van der Waals surface area contributed by atoms with Crippen LogP contribution in [0.25, 0.3) is 22.3 Å². The fourth-order valence-corrected chi connectivity index (χ4v) is 2.24. The molecule has 0 atom stereocenters.